The third-order valence-electron chi connectivity index (χ3n) is 6.32. The van der Waals surface area contributed by atoms with Crippen molar-refractivity contribution in [2.45, 2.75) is 10.3 Å². The molecule has 0 bridgehead atoms. The Hall–Kier alpha value is -3.69. The lowest BCUT2D eigenvalue weighted by Crippen LogP contribution is -2.00. The molecule has 0 amide bonds. The van der Waals surface area contributed by atoms with Gasteiger partial charge >= 0.3 is 0 Å². The summed E-state index contributed by atoms with van der Waals surface area (Å²) >= 11 is 1.88. The summed E-state index contributed by atoms with van der Waals surface area (Å²) in [5, 5.41) is 8.81. The van der Waals surface area contributed by atoms with E-state index in [-0.39, 0.29) is 5.37 Å². The summed E-state index contributed by atoms with van der Waals surface area (Å²) in [5.41, 5.74) is 6.72. The van der Waals surface area contributed by atoms with Gasteiger partial charge in [0.05, 0.1) is 5.69 Å². The molecule has 0 saturated carbocycles. The summed E-state index contributed by atoms with van der Waals surface area (Å²) in [6.07, 6.45) is 0. The van der Waals surface area contributed by atoms with Crippen LogP contribution in [0.3, 0.4) is 0 Å². The lowest BCUT2D eigenvalue weighted by Gasteiger charge is -2.11. The molecule has 2 heterocycles. The van der Waals surface area contributed by atoms with Crippen LogP contribution in [0.4, 0.5) is 5.69 Å². The van der Waals surface area contributed by atoms with Crippen LogP contribution in [-0.4, -0.2) is 0 Å². The molecule has 3 heteroatoms. The number of hydrogen-bond acceptors (Lipinski definition) is 3. The Morgan fingerprint density at radius 1 is 0.688 bits per heavy atom. The molecule has 0 saturated heterocycles. The first-order valence-electron chi connectivity index (χ1n) is 10.8. The fourth-order valence-corrected chi connectivity index (χ4v) is 5.92. The van der Waals surface area contributed by atoms with Crippen molar-refractivity contribution in [1.82, 2.24) is 0 Å². The van der Waals surface area contributed by atoms with Crippen LogP contribution in [0.25, 0.3) is 43.8 Å². The Labute approximate surface area is 189 Å². The van der Waals surface area contributed by atoms with Crippen molar-refractivity contribution in [2.24, 2.45) is 0 Å². The number of rotatable bonds is 2. The van der Waals surface area contributed by atoms with Gasteiger partial charge in [-0.05, 0) is 34.7 Å². The number of thioether (sulfide) groups is 1. The topological polar surface area (TPSA) is 25.2 Å². The van der Waals surface area contributed by atoms with E-state index in [0.29, 0.717) is 0 Å². The lowest BCUT2D eigenvalue weighted by molar-refractivity contribution is 0.670. The predicted octanol–water partition coefficient (Wildman–Crippen LogP) is 8.62. The molecule has 2 nitrogen and oxygen atoms in total. The Morgan fingerprint density at radius 2 is 1.53 bits per heavy atom. The predicted molar refractivity (Wildman–Crippen MR) is 135 cm³/mol. The number of benzene rings is 5. The summed E-state index contributed by atoms with van der Waals surface area (Å²) in [4.78, 5) is 1.30. The molecule has 152 valence electrons. The van der Waals surface area contributed by atoms with Gasteiger partial charge in [0, 0.05) is 26.6 Å². The van der Waals surface area contributed by atoms with E-state index in [1.54, 1.807) is 0 Å². The molecule has 7 rings (SSSR count). The van der Waals surface area contributed by atoms with Gasteiger partial charge in [0.25, 0.3) is 0 Å². The maximum Gasteiger partial charge on any atom is 0.143 e. The zero-order valence-corrected chi connectivity index (χ0v) is 18.0. The van der Waals surface area contributed by atoms with E-state index in [0.717, 1.165) is 27.5 Å². The highest BCUT2D eigenvalue weighted by Gasteiger charge is 2.24. The van der Waals surface area contributed by atoms with Crippen LogP contribution in [0.5, 0.6) is 0 Å². The average molecular weight is 430 g/mol. The normalized spacial score (nSPS) is 15.3. The number of anilines is 1. The smallest absolute Gasteiger partial charge is 0.143 e. The SMILES string of the molecule is c1ccc(C2Nc3c(ccc4cc(-c5cccc6c5oc5ccccc56)ccc34)S2)cc1. The quantitative estimate of drug-likeness (QED) is 0.298. The van der Waals surface area contributed by atoms with Crippen molar-refractivity contribution < 1.29 is 4.42 Å². The molecular weight excluding hydrogens is 410 g/mol. The second kappa shape index (κ2) is 6.91. The van der Waals surface area contributed by atoms with Gasteiger partial charge in [-0.3, -0.25) is 0 Å². The van der Waals surface area contributed by atoms with Crippen molar-refractivity contribution in [3.8, 4) is 11.1 Å². The second-order valence-corrected chi connectivity index (χ2v) is 9.35. The molecule has 0 fully saturated rings. The molecule has 1 aliphatic heterocycles. The number of para-hydroxylation sites is 2. The molecule has 0 radical (unpaired) electrons. The van der Waals surface area contributed by atoms with Gasteiger partial charge in [-0.15, -0.1) is 0 Å². The molecule has 1 aromatic heterocycles. The molecule has 0 aliphatic carbocycles. The van der Waals surface area contributed by atoms with E-state index in [1.807, 2.05) is 23.9 Å². The Bertz CT molecular complexity index is 1630. The molecule has 1 unspecified atom stereocenters. The first-order chi connectivity index (χ1) is 15.8. The maximum absolute atomic E-state index is 6.27. The van der Waals surface area contributed by atoms with E-state index in [1.165, 1.54) is 32.5 Å². The third kappa shape index (κ3) is 2.68. The standard InChI is InChI=1S/C29H19NOS/c1-2-7-18(8-3-1)29-30-27-21-15-13-20(17-19(21)14-16-26(27)32-29)22-10-6-11-24-23-9-4-5-12-25(23)31-28(22)24/h1-17,29-30H. The molecule has 5 aromatic carbocycles. The second-order valence-electron chi connectivity index (χ2n) is 8.21. The van der Waals surface area contributed by atoms with Crippen LogP contribution >= 0.6 is 11.8 Å². The van der Waals surface area contributed by atoms with Crippen molar-refractivity contribution >= 4 is 50.2 Å². The van der Waals surface area contributed by atoms with Gasteiger partial charge in [-0.2, -0.15) is 0 Å². The average Bonchev–Trinajstić information content (AvgIpc) is 3.46. The van der Waals surface area contributed by atoms with E-state index < -0.39 is 0 Å². The molecule has 1 N–H and O–H groups in total. The summed E-state index contributed by atoms with van der Waals surface area (Å²) < 4.78 is 6.27. The zero-order valence-electron chi connectivity index (χ0n) is 17.2. The minimum atomic E-state index is 0.251. The van der Waals surface area contributed by atoms with Gasteiger partial charge in [0.15, 0.2) is 0 Å². The molecule has 1 aliphatic rings. The first-order valence-corrected chi connectivity index (χ1v) is 11.7. The van der Waals surface area contributed by atoms with Crippen LogP contribution in [0.15, 0.2) is 112 Å². The van der Waals surface area contributed by atoms with E-state index in [9.17, 15) is 0 Å². The molecule has 6 aromatic rings. The van der Waals surface area contributed by atoms with Gasteiger partial charge in [0.1, 0.15) is 16.5 Å². The zero-order chi connectivity index (χ0) is 21.1. The number of furan rings is 1. The Balaban J connectivity index is 1.34. The maximum atomic E-state index is 6.27. The highest BCUT2D eigenvalue weighted by atomic mass is 32.2. The fraction of sp³-hybridized carbons (Fsp3) is 0.0345. The van der Waals surface area contributed by atoms with Gasteiger partial charge in [-0.1, -0.05) is 96.7 Å². The van der Waals surface area contributed by atoms with Gasteiger partial charge in [-0.25, -0.2) is 0 Å². The van der Waals surface area contributed by atoms with Gasteiger partial charge < -0.3 is 9.73 Å². The molecule has 1 atom stereocenters. The highest BCUT2D eigenvalue weighted by Crippen LogP contribution is 2.49. The molecular formula is C29H19NOS. The Kier molecular flexibility index (Phi) is 3.87. The third-order valence-corrected chi connectivity index (χ3v) is 7.54. The largest absolute Gasteiger partial charge is 0.455 e. The van der Waals surface area contributed by atoms with Gasteiger partial charge in [0.2, 0.25) is 0 Å². The summed E-state index contributed by atoms with van der Waals surface area (Å²) in [6.45, 7) is 0. The molecule has 32 heavy (non-hydrogen) atoms. The van der Waals surface area contributed by atoms with Crippen molar-refractivity contribution in [1.29, 1.82) is 0 Å². The minimum Gasteiger partial charge on any atom is -0.455 e. The molecule has 0 spiro atoms. The monoisotopic (exact) mass is 429 g/mol. The summed E-state index contributed by atoms with van der Waals surface area (Å²) in [7, 11) is 0. The van der Waals surface area contributed by atoms with Crippen LogP contribution in [0, 0.1) is 0 Å². The number of nitrogens with one attached hydrogen (secondary N) is 1. The van der Waals surface area contributed by atoms with E-state index in [2.05, 4.69) is 96.3 Å². The van der Waals surface area contributed by atoms with Crippen LogP contribution < -0.4 is 5.32 Å². The van der Waals surface area contributed by atoms with E-state index in [4.69, 9.17) is 4.42 Å². The minimum absolute atomic E-state index is 0.251. The summed E-state index contributed by atoms with van der Waals surface area (Å²) in [6, 6.07) is 36.5. The van der Waals surface area contributed by atoms with Crippen molar-refractivity contribution in [3.63, 3.8) is 0 Å². The highest BCUT2D eigenvalue weighted by molar-refractivity contribution is 8.00. The first kappa shape index (κ1) is 17.9. The fourth-order valence-electron chi connectivity index (χ4n) is 4.77. The van der Waals surface area contributed by atoms with Crippen LogP contribution in [-0.2, 0) is 0 Å². The van der Waals surface area contributed by atoms with Crippen LogP contribution in [0.1, 0.15) is 10.9 Å². The summed E-state index contributed by atoms with van der Waals surface area (Å²) in [5.74, 6) is 0. The van der Waals surface area contributed by atoms with Crippen molar-refractivity contribution in [3.05, 3.63) is 109 Å². The van der Waals surface area contributed by atoms with Crippen LogP contribution in [0.2, 0.25) is 0 Å². The van der Waals surface area contributed by atoms with E-state index >= 15 is 0 Å². The lowest BCUT2D eigenvalue weighted by atomic mass is 9.98. The van der Waals surface area contributed by atoms with Crippen molar-refractivity contribution in [2.75, 3.05) is 5.32 Å². The number of hydrogen-bond donors (Lipinski definition) is 1. The number of fused-ring (bicyclic) bond motifs is 6. The Morgan fingerprint density at radius 3 is 2.47 bits per heavy atom.